The minimum Gasteiger partial charge on any atom is -0.361 e. The fraction of sp³-hybridized carbons (Fsp3) is 0.667. The molecule has 0 fully saturated rings. The molecule has 1 N–H and O–H groups in total. The minimum absolute atomic E-state index is 0.242. The summed E-state index contributed by atoms with van der Waals surface area (Å²) in [5.41, 5.74) is 5.93. The van der Waals surface area contributed by atoms with Crippen molar-refractivity contribution in [3.63, 3.8) is 0 Å². The van der Waals surface area contributed by atoms with E-state index in [1.54, 1.807) is 0 Å². The van der Waals surface area contributed by atoms with Crippen molar-refractivity contribution in [2.24, 2.45) is 0 Å². The van der Waals surface area contributed by atoms with E-state index < -0.39 is 0 Å². The van der Waals surface area contributed by atoms with Gasteiger partial charge in [0, 0.05) is 41.9 Å². The van der Waals surface area contributed by atoms with Gasteiger partial charge in [-0.2, -0.15) is 5.10 Å². The van der Waals surface area contributed by atoms with Crippen LogP contribution in [0.15, 0.2) is 4.52 Å². The van der Waals surface area contributed by atoms with Gasteiger partial charge in [0.25, 0.3) is 0 Å². The molecule has 0 aliphatic carbocycles. The second kappa shape index (κ2) is 7.30. The summed E-state index contributed by atoms with van der Waals surface area (Å²) in [4.78, 5) is 0. The minimum atomic E-state index is 0.242. The first kappa shape index (κ1) is 17.7. The van der Waals surface area contributed by atoms with Crippen molar-refractivity contribution in [3.8, 4) is 0 Å². The zero-order chi connectivity index (χ0) is 17.1. The highest BCUT2D eigenvalue weighted by Gasteiger charge is 2.20. The van der Waals surface area contributed by atoms with Gasteiger partial charge in [-0.15, -0.1) is 0 Å². The van der Waals surface area contributed by atoms with Gasteiger partial charge in [-0.1, -0.05) is 19.0 Å². The molecule has 2 heterocycles. The van der Waals surface area contributed by atoms with Gasteiger partial charge >= 0.3 is 0 Å². The van der Waals surface area contributed by atoms with Crippen LogP contribution in [-0.2, 0) is 19.4 Å². The smallest absolute Gasteiger partial charge is 0.141 e. The van der Waals surface area contributed by atoms with E-state index in [2.05, 4.69) is 68.7 Å². The summed E-state index contributed by atoms with van der Waals surface area (Å²) < 4.78 is 7.56. The van der Waals surface area contributed by atoms with Crippen LogP contribution in [0.1, 0.15) is 80.7 Å². The van der Waals surface area contributed by atoms with Crippen molar-refractivity contribution >= 4 is 0 Å². The summed E-state index contributed by atoms with van der Waals surface area (Å²) >= 11 is 0. The number of aromatic nitrogens is 3. The first-order valence-electron chi connectivity index (χ1n) is 8.65. The lowest BCUT2D eigenvalue weighted by atomic mass is 10.0. The van der Waals surface area contributed by atoms with Crippen molar-refractivity contribution < 1.29 is 4.52 Å². The lowest BCUT2D eigenvalue weighted by Gasteiger charge is -2.16. The number of aryl methyl sites for hydroxylation is 3. The van der Waals surface area contributed by atoms with Crippen LogP contribution in [0, 0.1) is 13.8 Å². The van der Waals surface area contributed by atoms with Crippen LogP contribution in [0.5, 0.6) is 0 Å². The third-order valence-corrected chi connectivity index (χ3v) is 4.50. The third kappa shape index (κ3) is 3.50. The normalized spacial score (nSPS) is 13.0. The monoisotopic (exact) mass is 318 g/mol. The fourth-order valence-corrected chi connectivity index (χ4v) is 3.30. The summed E-state index contributed by atoms with van der Waals surface area (Å²) in [5, 5.41) is 12.5. The number of nitrogens with one attached hydrogen (secondary N) is 1. The summed E-state index contributed by atoms with van der Waals surface area (Å²) in [6, 6.07) is 0.623. The van der Waals surface area contributed by atoms with E-state index in [4.69, 9.17) is 4.52 Å². The quantitative estimate of drug-likeness (QED) is 0.837. The highest BCUT2D eigenvalue weighted by Crippen LogP contribution is 2.25. The molecule has 2 aromatic heterocycles. The third-order valence-electron chi connectivity index (χ3n) is 4.50. The molecule has 5 nitrogen and oxygen atoms in total. The van der Waals surface area contributed by atoms with E-state index >= 15 is 0 Å². The fourth-order valence-electron chi connectivity index (χ4n) is 3.30. The van der Waals surface area contributed by atoms with E-state index in [0.717, 1.165) is 36.5 Å². The molecule has 0 aliphatic rings. The van der Waals surface area contributed by atoms with Gasteiger partial charge in [0.2, 0.25) is 0 Å². The van der Waals surface area contributed by atoms with E-state index in [1.807, 2.05) is 0 Å². The standard InChI is InChI=1S/C18H30N4O/c1-8-16-15(17(9-2)23-21-16)10-19-12(5)18-13(6)20-22(11(3)4)14(18)7/h11-12,19H,8-10H2,1-7H3/t12-/m1/s1. The number of hydrogen-bond acceptors (Lipinski definition) is 4. The van der Waals surface area contributed by atoms with Crippen LogP contribution in [0.25, 0.3) is 0 Å². The predicted molar refractivity (Wildman–Crippen MR) is 92.6 cm³/mol. The molecule has 5 heteroatoms. The predicted octanol–water partition coefficient (Wildman–Crippen LogP) is 4.04. The summed E-state index contributed by atoms with van der Waals surface area (Å²) in [7, 11) is 0. The molecule has 0 amide bonds. The Hall–Kier alpha value is -1.62. The Bertz CT molecular complexity index is 633. The summed E-state index contributed by atoms with van der Waals surface area (Å²) in [5.74, 6) is 0.993. The number of rotatable bonds is 7. The Morgan fingerprint density at radius 3 is 2.35 bits per heavy atom. The van der Waals surface area contributed by atoms with Crippen molar-refractivity contribution in [3.05, 3.63) is 34.0 Å². The molecular weight excluding hydrogens is 288 g/mol. The lowest BCUT2D eigenvalue weighted by molar-refractivity contribution is 0.379. The molecule has 0 spiro atoms. The van der Waals surface area contributed by atoms with E-state index in [9.17, 15) is 0 Å². The molecule has 2 rings (SSSR count). The first-order chi connectivity index (χ1) is 10.9. The van der Waals surface area contributed by atoms with Gasteiger partial charge in [-0.05, 0) is 41.0 Å². The highest BCUT2D eigenvalue weighted by molar-refractivity contribution is 5.29. The molecule has 0 unspecified atom stereocenters. The maximum atomic E-state index is 5.45. The van der Waals surface area contributed by atoms with Crippen LogP contribution in [-0.4, -0.2) is 14.9 Å². The number of hydrogen-bond donors (Lipinski definition) is 1. The Kier molecular flexibility index (Phi) is 5.63. The average molecular weight is 318 g/mol. The van der Waals surface area contributed by atoms with Crippen LogP contribution in [0.4, 0.5) is 0 Å². The van der Waals surface area contributed by atoms with Crippen molar-refractivity contribution in [2.45, 2.75) is 79.9 Å². The molecule has 0 bridgehead atoms. The van der Waals surface area contributed by atoms with Gasteiger partial charge in [0.15, 0.2) is 0 Å². The highest BCUT2D eigenvalue weighted by atomic mass is 16.5. The van der Waals surface area contributed by atoms with Gasteiger partial charge in [0.1, 0.15) is 5.76 Å². The van der Waals surface area contributed by atoms with Crippen LogP contribution in [0.3, 0.4) is 0 Å². The SMILES string of the molecule is CCc1noc(CC)c1CN[C@H](C)c1c(C)nn(C(C)C)c1C. The van der Waals surface area contributed by atoms with Crippen molar-refractivity contribution in [2.75, 3.05) is 0 Å². The Morgan fingerprint density at radius 2 is 1.83 bits per heavy atom. The molecule has 0 radical (unpaired) electrons. The molecule has 0 aromatic carbocycles. The molecule has 0 aliphatic heterocycles. The topological polar surface area (TPSA) is 55.9 Å². The molecular formula is C18H30N4O. The maximum absolute atomic E-state index is 5.45. The molecule has 0 saturated heterocycles. The second-order valence-corrected chi connectivity index (χ2v) is 6.46. The van der Waals surface area contributed by atoms with Crippen LogP contribution >= 0.6 is 0 Å². The Morgan fingerprint density at radius 1 is 1.13 bits per heavy atom. The van der Waals surface area contributed by atoms with Gasteiger partial charge in [-0.3, -0.25) is 4.68 Å². The zero-order valence-corrected chi connectivity index (χ0v) is 15.5. The first-order valence-corrected chi connectivity index (χ1v) is 8.65. The summed E-state index contributed by atoms with van der Waals surface area (Å²) in [6.45, 7) is 15.8. The van der Waals surface area contributed by atoms with E-state index in [1.165, 1.54) is 16.8 Å². The zero-order valence-electron chi connectivity index (χ0n) is 15.5. The molecule has 2 aromatic rings. The Labute approximate surface area is 139 Å². The largest absolute Gasteiger partial charge is 0.361 e. The lowest BCUT2D eigenvalue weighted by Crippen LogP contribution is -2.20. The van der Waals surface area contributed by atoms with Gasteiger partial charge in [0.05, 0.1) is 11.4 Å². The molecule has 1 atom stereocenters. The maximum Gasteiger partial charge on any atom is 0.141 e. The van der Waals surface area contributed by atoms with Crippen LogP contribution in [0.2, 0.25) is 0 Å². The van der Waals surface area contributed by atoms with Crippen molar-refractivity contribution in [1.82, 2.24) is 20.3 Å². The van der Waals surface area contributed by atoms with Gasteiger partial charge in [-0.25, -0.2) is 0 Å². The van der Waals surface area contributed by atoms with E-state index in [-0.39, 0.29) is 6.04 Å². The summed E-state index contributed by atoms with van der Waals surface area (Å²) in [6.07, 6.45) is 1.78. The molecule has 23 heavy (non-hydrogen) atoms. The average Bonchev–Trinajstić information content (AvgIpc) is 3.04. The van der Waals surface area contributed by atoms with Crippen molar-refractivity contribution in [1.29, 1.82) is 0 Å². The molecule has 0 saturated carbocycles. The molecule has 128 valence electrons. The number of nitrogens with zero attached hydrogens (tertiary/aromatic N) is 3. The van der Waals surface area contributed by atoms with Crippen LogP contribution < -0.4 is 5.32 Å². The van der Waals surface area contributed by atoms with E-state index in [0.29, 0.717) is 6.04 Å². The Balaban J connectivity index is 2.18. The second-order valence-electron chi connectivity index (χ2n) is 6.46. The van der Waals surface area contributed by atoms with Gasteiger partial charge < -0.3 is 9.84 Å².